The Hall–Kier alpha value is -2.75. The third kappa shape index (κ3) is 6.65. The molecule has 0 atom stereocenters. The second-order valence-electron chi connectivity index (χ2n) is 8.69. The molecule has 4 nitrogen and oxygen atoms in total. The van der Waals surface area contributed by atoms with Gasteiger partial charge in [0.15, 0.2) is 0 Å². The molecule has 0 aliphatic heterocycles. The summed E-state index contributed by atoms with van der Waals surface area (Å²) in [6.07, 6.45) is -6.92. The van der Waals surface area contributed by atoms with Gasteiger partial charge in [-0.05, 0) is 62.3 Å². The van der Waals surface area contributed by atoms with Gasteiger partial charge in [-0.1, -0.05) is 18.2 Å². The van der Waals surface area contributed by atoms with Gasteiger partial charge in [-0.15, -0.1) is 0 Å². The highest BCUT2D eigenvalue weighted by Crippen LogP contribution is 2.36. The summed E-state index contributed by atoms with van der Waals surface area (Å²) in [5, 5.41) is 16.0. The minimum Gasteiger partial charge on any atom is -0.507 e. The Morgan fingerprint density at radius 3 is 2.12 bits per heavy atom. The number of rotatable bonds is 6. The van der Waals surface area contributed by atoms with E-state index in [9.17, 15) is 36.2 Å². The lowest BCUT2D eigenvalue weighted by Crippen LogP contribution is -2.36. The zero-order valence-corrected chi connectivity index (χ0v) is 18.5. The molecule has 10 heteroatoms. The number of phenolic OH excluding ortho intramolecular Hbond substituents is 1. The fourth-order valence-corrected chi connectivity index (χ4v) is 4.11. The molecule has 1 aliphatic carbocycles. The maximum absolute atomic E-state index is 13.0. The van der Waals surface area contributed by atoms with Crippen LogP contribution in [0.1, 0.15) is 58.3 Å². The Bertz CT molecular complexity index is 979. The van der Waals surface area contributed by atoms with Crippen LogP contribution in [-0.2, 0) is 18.9 Å². The van der Waals surface area contributed by atoms with Gasteiger partial charge in [0.25, 0.3) is 5.91 Å². The van der Waals surface area contributed by atoms with E-state index in [0.29, 0.717) is 18.7 Å². The molecule has 1 saturated carbocycles. The van der Waals surface area contributed by atoms with Crippen molar-refractivity contribution in [2.75, 3.05) is 6.54 Å². The zero-order valence-electron chi connectivity index (χ0n) is 18.5. The predicted octanol–water partition coefficient (Wildman–Crippen LogP) is 5.82. The predicted molar refractivity (Wildman–Crippen MR) is 114 cm³/mol. The molecule has 1 amide bonds. The second kappa shape index (κ2) is 10.2. The number of carbonyl (C=O) groups excluding carboxylic acids is 1. The van der Waals surface area contributed by atoms with Crippen molar-refractivity contribution in [1.29, 1.82) is 0 Å². The lowest BCUT2D eigenvalue weighted by atomic mass is 9.86. The van der Waals surface area contributed by atoms with Crippen molar-refractivity contribution in [3.63, 3.8) is 0 Å². The molecule has 0 radical (unpaired) electrons. The number of aryl methyl sites for hydroxylation is 1. The molecular formula is C24H26F6N2O2. The molecule has 1 aliphatic rings. The van der Waals surface area contributed by atoms with E-state index in [0.717, 1.165) is 36.8 Å². The average Bonchev–Trinajstić information content (AvgIpc) is 2.77. The number of amides is 1. The summed E-state index contributed by atoms with van der Waals surface area (Å²) in [4.78, 5) is 12.3. The molecule has 0 spiro atoms. The monoisotopic (exact) mass is 488 g/mol. The molecule has 186 valence electrons. The van der Waals surface area contributed by atoms with Crippen molar-refractivity contribution < 1.29 is 36.2 Å². The van der Waals surface area contributed by atoms with Gasteiger partial charge in [0.05, 0.1) is 11.1 Å². The van der Waals surface area contributed by atoms with Gasteiger partial charge in [-0.2, -0.15) is 26.3 Å². The van der Waals surface area contributed by atoms with Crippen LogP contribution in [0.15, 0.2) is 36.4 Å². The molecule has 0 bridgehead atoms. The van der Waals surface area contributed by atoms with E-state index in [1.165, 1.54) is 0 Å². The van der Waals surface area contributed by atoms with E-state index < -0.39 is 35.0 Å². The molecule has 0 unspecified atom stereocenters. The first kappa shape index (κ1) is 25.9. The largest absolute Gasteiger partial charge is 0.507 e. The van der Waals surface area contributed by atoms with Crippen LogP contribution in [0.4, 0.5) is 26.3 Å². The van der Waals surface area contributed by atoms with Crippen molar-refractivity contribution in [3.8, 4) is 5.75 Å². The van der Waals surface area contributed by atoms with Gasteiger partial charge in [0.2, 0.25) is 0 Å². The van der Waals surface area contributed by atoms with Gasteiger partial charge in [0, 0.05) is 30.3 Å². The Labute approximate surface area is 193 Å². The molecule has 3 N–H and O–H groups in total. The third-order valence-corrected chi connectivity index (χ3v) is 6.15. The maximum Gasteiger partial charge on any atom is 0.416 e. The number of benzene rings is 2. The second-order valence-corrected chi connectivity index (χ2v) is 8.69. The quantitative estimate of drug-likeness (QED) is 0.450. The van der Waals surface area contributed by atoms with Crippen LogP contribution in [0.25, 0.3) is 0 Å². The molecule has 0 saturated heterocycles. The summed E-state index contributed by atoms with van der Waals surface area (Å²) >= 11 is 0. The van der Waals surface area contributed by atoms with Gasteiger partial charge in [0.1, 0.15) is 5.75 Å². The summed E-state index contributed by atoms with van der Waals surface area (Å²) in [5.41, 5.74) is -2.11. The number of para-hydroxylation sites is 1. The van der Waals surface area contributed by atoms with E-state index in [4.69, 9.17) is 0 Å². The van der Waals surface area contributed by atoms with E-state index in [1.807, 2.05) is 25.1 Å². The van der Waals surface area contributed by atoms with Crippen molar-refractivity contribution in [1.82, 2.24) is 10.6 Å². The molecule has 34 heavy (non-hydrogen) atoms. The van der Waals surface area contributed by atoms with E-state index in [2.05, 4.69) is 10.6 Å². The van der Waals surface area contributed by atoms with Gasteiger partial charge < -0.3 is 15.7 Å². The Kier molecular flexibility index (Phi) is 7.80. The van der Waals surface area contributed by atoms with E-state index in [1.54, 1.807) is 0 Å². The van der Waals surface area contributed by atoms with Crippen molar-refractivity contribution in [2.24, 2.45) is 5.92 Å². The zero-order chi connectivity index (χ0) is 25.1. The summed E-state index contributed by atoms with van der Waals surface area (Å²) < 4.78 is 78.0. The highest BCUT2D eigenvalue weighted by Gasteiger charge is 2.37. The summed E-state index contributed by atoms with van der Waals surface area (Å²) in [6.45, 7) is 2.50. The van der Waals surface area contributed by atoms with Crippen LogP contribution >= 0.6 is 0 Å². The van der Waals surface area contributed by atoms with Crippen molar-refractivity contribution >= 4 is 5.91 Å². The molecular weight excluding hydrogens is 462 g/mol. The van der Waals surface area contributed by atoms with Crippen LogP contribution in [0.2, 0.25) is 0 Å². The Morgan fingerprint density at radius 1 is 0.971 bits per heavy atom. The van der Waals surface area contributed by atoms with Crippen LogP contribution < -0.4 is 10.6 Å². The summed E-state index contributed by atoms with van der Waals surface area (Å²) in [5.74, 6) is -0.635. The number of hydrogen-bond donors (Lipinski definition) is 3. The maximum atomic E-state index is 13.0. The lowest BCUT2D eigenvalue weighted by Gasteiger charge is -2.29. The first-order valence-corrected chi connectivity index (χ1v) is 10.9. The lowest BCUT2D eigenvalue weighted by molar-refractivity contribution is -0.143. The first-order chi connectivity index (χ1) is 15.8. The Balaban J connectivity index is 1.53. The SMILES string of the molecule is Cc1cccc(CN[C@H]2CC[C@@H](CNC(=O)c3cc(C(F)(F)F)cc(C(F)(F)F)c3)CC2)c1O. The molecule has 1 fully saturated rings. The molecule has 2 aromatic rings. The number of hydrogen-bond acceptors (Lipinski definition) is 3. The number of aromatic hydroxyl groups is 1. The van der Waals surface area contributed by atoms with Gasteiger partial charge >= 0.3 is 12.4 Å². The highest BCUT2D eigenvalue weighted by atomic mass is 19.4. The van der Waals surface area contributed by atoms with Gasteiger partial charge in [-0.25, -0.2) is 0 Å². The molecule has 3 rings (SSSR count). The van der Waals surface area contributed by atoms with E-state index in [-0.39, 0.29) is 30.3 Å². The number of nitrogens with one attached hydrogen (secondary N) is 2. The van der Waals surface area contributed by atoms with Crippen LogP contribution in [0.5, 0.6) is 5.75 Å². The number of alkyl halides is 6. The summed E-state index contributed by atoms with van der Waals surface area (Å²) in [6, 6.07) is 6.62. The summed E-state index contributed by atoms with van der Waals surface area (Å²) in [7, 11) is 0. The van der Waals surface area contributed by atoms with Crippen LogP contribution in [-0.4, -0.2) is 23.6 Å². The number of halogens is 6. The molecule has 0 aromatic heterocycles. The average molecular weight is 488 g/mol. The standard InChI is InChI=1S/C24H26F6N2O2/c1-14-3-2-4-16(21(14)33)13-31-20-7-5-15(6-8-20)12-32-22(34)17-9-18(23(25,26)27)11-19(10-17)24(28,29)30/h2-4,9-11,15,20,31,33H,5-8,12-13H2,1H3,(H,32,34)/t15-,20+. The smallest absolute Gasteiger partial charge is 0.416 e. The Morgan fingerprint density at radius 2 is 1.56 bits per heavy atom. The fraction of sp³-hybridized carbons (Fsp3) is 0.458. The minimum absolute atomic E-state index is 0.00154. The van der Waals surface area contributed by atoms with Gasteiger partial charge in [-0.3, -0.25) is 4.79 Å². The number of phenols is 1. The topological polar surface area (TPSA) is 61.4 Å². The minimum atomic E-state index is -5.00. The fourth-order valence-electron chi connectivity index (χ4n) is 4.11. The highest BCUT2D eigenvalue weighted by molar-refractivity contribution is 5.94. The van der Waals surface area contributed by atoms with Crippen molar-refractivity contribution in [3.05, 3.63) is 64.2 Å². The van der Waals surface area contributed by atoms with Crippen LogP contribution in [0.3, 0.4) is 0 Å². The first-order valence-electron chi connectivity index (χ1n) is 10.9. The third-order valence-electron chi connectivity index (χ3n) is 6.15. The van der Waals surface area contributed by atoms with E-state index >= 15 is 0 Å². The van der Waals surface area contributed by atoms with Crippen LogP contribution in [0, 0.1) is 12.8 Å². The van der Waals surface area contributed by atoms with Crippen molar-refractivity contribution in [2.45, 2.75) is 57.5 Å². The molecule has 2 aromatic carbocycles. The molecule has 0 heterocycles. The normalized spacial score (nSPS) is 19.1. The number of carbonyl (C=O) groups is 1.